The molecule has 2 aromatic rings. The molecular weight excluding hydrogens is 314 g/mol. The maximum Gasteiger partial charge on any atom is 0.223 e. The maximum atomic E-state index is 12.4. The minimum atomic E-state index is 0.233. The molecule has 0 unspecified atom stereocenters. The van der Waals surface area contributed by atoms with Crippen LogP contribution in [0.25, 0.3) is 0 Å². The van der Waals surface area contributed by atoms with E-state index in [-0.39, 0.29) is 5.91 Å². The molecule has 0 bridgehead atoms. The Morgan fingerprint density at radius 3 is 2.52 bits per heavy atom. The third kappa shape index (κ3) is 4.47. The molecule has 1 aromatic heterocycles. The van der Waals surface area contributed by atoms with Crippen molar-refractivity contribution in [3.63, 3.8) is 0 Å². The van der Waals surface area contributed by atoms with Gasteiger partial charge in [0.05, 0.1) is 11.9 Å². The number of carbonyl (C=O) groups excluding carboxylic acids is 1. The van der Waals surface area contributed by atoms with Crippen LogP contribution in [-0.2, 0) is 11.2 Å². The van der Waals surface area contributed by atoms with E-state index in [2.05, 4.69) is 27.2 Å². The third-order valence-electron chi connectivity index (χ3n) is 4.57. The number of piperazine rings is 1. The first-order valence-electron chi connectivity index (χ1n) is 8.70. The maximum absolute atomic E-state index is 12.4. The second-order valence-electron chi connectivity index (χ2n) is 6.52. The van der Waals surface area contributed by atoms with Crippen LogP contribution >= 0.6 is 0 Å². The zero-order valence-electron chi connectivity index (χ0n) is 14.9. The Kier molecular flexibility index (Phi) is 5.48. The van der Waals surface area contributed by atoms with Gasteiger partial charge in [-0.3, -0.25) is 4.79 Å². The van der Waals surface area contributed by atoms with E-state index < -0.39 is 0 Å². The lowest BCUT2D eigenvalue weighted by Crippen LogP contribution is -2.49. The van der Waals surface area contributed by atoms with Crippen LogP contribution in [0.1, 0.15) is 12.0 Å². The first kappa shape index (κ1) is 17.2. The number of anilines is 2. The predicted octanol–water partition coefficient (Wildman–Crippen LogP) is 1.82. The predicted molar refractivity (Wildman–Crippen MR) is 99.9 cm³/mol. The van der Waals surface area contributed by atoms with Crippen molar-refractivity contribution >= 4 is 17.4 Å². The minimum absolute atomic E-state index is 0.233. The molecule has 1 aliphatic heterocycles. The Morgan fingerprint density at radius 1 is 1.12 bits per heavy atom. The molecule has 1 aromatic carbocycles. The summed E-state index contributed by atoms with van der Waals surface area (Å²) >= 11 is 0. The van der Waals surface area contributed by atoms with E-state index in [9.17, 15) is 4.79 Å². The molecule has 0 aliphatic carbocycles. The van der Waals surface area contributed by atoms with Gasteiger partial charge in [-0.25, -0.2) is 0 Å². The van der Waals surface area contributed by atoms with Crippen molar-refractivity contribution in [3.8, 4) is 0 Å². The van der Waals surface area contributed by atoms with Gasteiger partial charge in [-0.15, -0.1) is 5.10 Å². The zero-order chi connectivity index (χ0) is 17.6. The standard InChI is InChI=1S/C19H25N5O/c1-22(2)17-14-18(21-20-15-17)23-10-12-24(13-11-23)19(25)9-8-16-6-4-3-5-7-16/h3-7,14-15H,8-13H2,1-2H3. The number of nitrogens with zero attached hydrogens (tertiary/aromatic N) is 5. The highest BCUT2D eigenvalue weighted by Gasteiger charge is 2.22. The van der Waals surface area contributed by atoms with Crippen LogP contribution in [-0.4, -0.2) is 61.3 Å². The third-order valence-corrected chi connectivity index (χ3v) is 4.57. The first-order valence-corrected chi connectivity index (χ1v) is 8.70. The van der Waals surface area contributed by atoms with Gasteiger partial charge in [-0.2, -0.15) is 5.10 Å². The van der Waals surface area contributed by atoms with Crippen LogP contribution in [0.5, 0.6) is 0 Å². The fourth-order valence-corrected chi connectivity index (χ4v) is 2.98. The number of aromatic nitrogens is 2. The highest BCUT2D eigenvalue weighted by Crippen LogP contribution is 2.18. The Morgan fingerprint density at radius 2 is 1.84 bits per heavy atom. The Bertz CT molecular complexity index is 696. The molecular formula is C19H25N5O. The van der Waals surface area contributed by atoms with Crippen molar-refractivity contribution in [1.82, 2.24) is 15.1 Å². The number of aryl methyl sites for hydroxylation is 1. The van der Waals surface area contributed by atoms with Crippen LogP contribution in [0.2, 0.25) is 0 Å². The van der Waals surface area contributed by atoms with Crippen LogP contribution < -0.4 is 9.80 Å². The molecule has 1 saturated heterocycles. The summed E-state index contributed by atoms with van der Waals surface area (Å²) in [5, 5.41) is 8.32. The van der Waals surface area contributed by atoms with E-state index >= 15 is 0 Å². The molecule has 0 atom stereocenters. The van der Waals surface area contributed by atoms with Gasteiger partial charge in [-0.05, 0) is 12.0 Å². The van der Waals surface area contributed by atoms with E-state index in [0.717, 1.165) is 44.1 Å². The number of benzene rings is 1. The molecule has 0 N–H and O–H groups in total. The summed E-state index contributed by atoms with van der Waals surface area (Å²) in [5.41, 5.74) is 2.25. The highest BCUT2D eigenvalue weighted by molar-refractivity contribution is 5.76. The van der Waals surface area contributed by atoms with Crippen molar-refractivity contribution < 1.29 is 4.79 Å². The van der Waals surface area contributed by atoms with Crippen LogP contribution in [0, 0.1) is 0 Å². The lowest BCUT2D eigenvalue weighted by molar-refractivity contribution is -0.131. The van der Waals surface area contributed by atoms with E-state index in [1.165, 1.54) is 5.56 Å². The number of hydrogen-bond acceptors (Lipinski definition) is 5. The molecule has 1 amide bonds. The topological polar surface area (TPSA) is 52.6 Å². The van der Waals surface area contributed by atoms with E-state index in [4.69, 9.17) is 0 Å². The summed E-state index contributed by atoms with van der Waals surface area (Å²) in [4.78, 5) is 18.6. The van der Waals surface area contributed by atoms with E-state index in [1.54, 1.807) is 6.20 Å². The Hall–Kier alpha value is -2.63. The van der Waals surface area contributed by atoms with Crippen LogP contribution in [0.4, 0.5) is 11.5 Å². The molecule has 0 saturated carbocycles. The highest BCUT2D eigenvalue weighted by atomic mass is 16.2. The zero-order valence-corrected chi connectivity index (χ0v) is 14.9. The summed E-state index contributed by atoms with van der Waals surface area (Å²) in [6.45, 7) is 3.06. The molecule has 3 rings (SSSR count). The van der Waals surface area contributed by atoms with Crippen molar-refractivity contribution in [2.75, 3.05) is 50.1 Å². The van der Waals surface area contributed by atoms with Gasteiger partial charge in [0, 0.05) is 52.8 Å². The van der Waals surface area contributed by atoms with Crippen molar-refractivity contribution in [1.29, 1.82) is 0 Å². The molecule has 2 heterocycles. The van der Waals surface area contributed by atoms with E-state index in [1.807, 2.05) is 48.2 Å². The molecule has 1 aliphatic rings. The molecule has 1 fully saturated rings. The van der Waals surface area contributed by atoms with Gasteiger partial charge in [0.15, 0.2) is 5.82 Å². The molecule has 0 spiro atoms. The molecule has 6 heteroatoms. The Balaban J connectivity index is 1.51. The second kappa shape index (κ2) is 7.96. The summed E-state index contributed by atoms with van der Waals surface area (Å²) < 4.78 is 0. The fraction of sp³-hybridized carbons (Fsp3) is 0.421. The van der Waals surface area contributed by atoms with Gasteiger partial charge in [0.1, 0.15) is 0 Å². The average Bonchev–Trinajstić information content (AvgIpc) is 2.67. The average molecular weight is 339 g/mol. The molecule has 25 heavy (non-hydrogen) atoms. The quantitative estimate of drug-likeness (QED) is 0.832. The van der Waals surface area contributed by atoms with Gasteiger partial charge in [-0.1, -0.05) is 30.3 Å². The summed E-state index contributed by atoms with van der Waals surface area (Å²) in [6.07, 6.45) is 3.13. The Labute approximate surface area is 149 Å². The number of rotatable bonds is 5. The smallest absolute Gasteiger partial charge is 0.223 e. The lowest BCUT2D eigenvalue weighted by atomic mass is 10.1. The van der Waals surface area contributed by atoms with Crippen molar-refractivity contribution in [2.24, 2.45) is 0 Å². The number of amides is 1. The fourth-order valence-electron chi connectivity index (χ4n) is 2.98. The molecule has 6 nitrogen and oxygen atoms in total. The van der Waals surface area contributed by atoms with Crippen molar-refractivity contribution in [3.05, 3.63) is 48.2 Å². The van der Waals surface area contributed by atoms with Gasteiger partial charge in [0.25, 0.3) is 0 Å². The lowest BCUT2D eigenvalue weighted by Gasteiger charge is -2.35. The van der Waals surface area contributed by atoms with E-state index in [0.29, 0.717) is 6.42 Å². The molecule has 0 radical (unpaired) electrons. The number of carbonyl (C=O) groups is 1. The molecule has 132 valence electrons. The van der Waals surface area contributed by atoms with Crippen molar-refractivity contribution in [2.45, 2.75) is 12.8 Å². The summed E-state index contributed by atoms with van der Waals surface area (Å²) in [5.74, 6) is 1.11. The minimum Gasteiger partial charge on any atom is -0.376 e. The SMILES string of the molecule is CN(C)c1cnnc(N2CCN(C(=O)CCc3ccccc3)CC2)c1. The van der Waals surface area contributed by atoms with Gasteiger partial charge in [0.2, 0.25) is 5.91 Å². The van der Waals surface area contributed by atoms with Crippen LogP contribution in [0.3, 0.4) is 0 Å². The van der Waals surface area contributed by atoms with Gasteiger partial charge < -0.3 is 14.7 Å². The van der Waals surface area contributed by atoms with Crippen LogP contribution in [0.15, 0.2) is 42.6 Å². The monoisotopic (exact) mass is 339 g/mol. The summed E-state index contributed by atoms with van der Waals surface area (Å²) in [7, 11) is 3.98. The second-order valence-corrected chi connectivity index (χ2v) is 6.52. The first-order chi connectivity index (χ1) is 12.1. The normalized spacial score (nSPS) is 14.5. The largest absolute Gasteiger partial charge is 0.376 e. The number of hydrogen-bond donors (Lipinski definition) is 0. The van der Waals surface area contributed by atoms with Gasteiger partial charge >= 0.3 is 0 Å². The summed E-state index contributed by atoms with van der Waals surface area (Å²) in [6, 6.07) is 12.2.